The number of thioether (sulfide) groups is 1. The number of rotatable bonds is 2. The first-order valence-corrected chi connectivity index (χ1v) is 5.66. The van der Waals surface area contributed by atoms with E-state index >= 15 is 0 Å². The number of hydrogen-bond acceptors (Lipinski definition) is 2. The van der Waals surface area contributed by atoms with Gasteiger partial charge in [0.1, 0.15) is 0 Å². The van der Waals surface area contributed by atoms with Crippen LogP contribution in [0.1, 0.15) is 5.56 Å². The third kappa shape index (κ3) is 3.58. The summed E-state index contributed by atoms with van der Waals surface area (Å²) in [5.74, 6) is 0.663. The van der Waals surface area contributed by atoms with Crippen molar-refractivity contribution in [3.05, 3.63) is 33.3 Å². The molecule has 1 aromatic carbocycles. The SMILES string of the molecule is N=C(N)SCc1cc(Cl)ccc1Br. The van der Waals surface area contributed by atoms with E-state index in [0.29, 0.717) is 10.8 Å². The molecule has 13 heavy (non-hydrogen) atoms. The third-order valence-corrected chi connectivity index (χ3v) is 3.17. The summed E-state index contributed by atoms with van der Waals surface area (Å²) in [5.41, 5.74) is 6.28. The van der Waals surface area contributed by atoms with Crippen molar-refractivity contribution in [1.29, 1.82) is 5.41 Å². The molecule has 0 aliphatic heterocycles. The number of nitrogens with one attached hydrogen (secondary N) is 1. The van der Waals surface area contributed by atoms with Crippen LogP contribution >= 0.6 is 39.3 Å². The summed E-state index contributed by atoms with van der Waals surface area (Å²) in [6.07, 6.45) is 0. The second-order valence-electron chi connectivity index (χ2n) is 2.39. The molecule has 0 saturated heterocycles. The summed E-state index contributed by atoms with van der Waals surface area (Å²) in [6.45, 7) is 0. The summed E-state index contributed by atoms with van der Waals surface area (Å²) >= 11 is 10.5. The second kappa shape index (κ2) is 4.88. The molecule has 0 atom stereocenters. The molecule has 0 spiro atoms. The van der Waals surface area contributed by atoms with Gasteiger partial charge in [-0.05, 0) is 23.8 Å². The van der Waals surface area contributed by atoms with Crippen molar-refractivity contribution in [2.45, 2.75) is 5.75 Å². The monoisotopic (exact) mass is 278 g/mol. The van der Waals surface area contributed by atoms with Crippen molar-refractivity contribution in [3.8, 4) is 0 Å². The van der Waals surface area contributed by atoms with Gasteiger partial charge in [0.2, 0.25) is 0 Å². The highest BCUT2D eigenvalue weighted by atomic mass is 79.9. The van der Waals surface area contributed by atoms with Crippen LogP contribution in [0.5, 0.6) is 0 Å². The van der Waals surface area contributed by atoms with Gasteiger partial charge in [-0.3, -0.25) is 5.41 Å². The van der Waals surface area contributed by atoms with Gasteiger partial charge in [0.15, 0.2) is 5.17 Å². The van der Waals surface area contributed by atoms with Crippen LogP contribution in [-0.2, 0) is 5.75 Å². The fourth-order valence-electron chi connectivity index (χ4n) is 0.809. The first kappa shape index (κ1) is 10.9. The van der Waals surface area contributed by atoms with Gasteiger partial charge < -0.3 is 5.73 Å². The molecule has 0 heterocycles. The zero-order chi connectivity index (χ0) is 9.84. The lowest BCUT2D eigenvalue weighted by molar-refractivity contribution is 1.38. The van der Waals surface area contributed by atoms with E-state index in [-0.39, 0.29) is 5.17 Å². The predicted octanol–water partition coefficient (Wildman–Crippen LogP) is 3.23. The molecule has 0 fully saturated rings. The number of amidine groups is 1. The minimum absolute atomic E-state index is 0.117. The molecule has 0 unspecified atom stereocenters. The van der Waals surface area contributed by atoms with E-state index in [1.807, 2.05) is 18.2 Å². The summed E-state index contributed by atoms with van der Waals surface area (Å²) in [5, 5.41) is 7.87. The topological polar surface area (TPSA) is 49.9 Å². The van der Waals surface area contributed by atoms with Crippen LogP contribution in [0.4, 0.5) is 0 Å². The van der Waals surface area contributed by atoms with Gasteiger partial charge in [0, 0.05) is 15.2 Å². The average molecular weight is 280 g/mol. The van der Waals surface area contributed by atoms with Gasteiger partial charge in [0.25, 0.3) is 0 Å². The molecule has 2 nitrogen and oxygen atoms in total. The highest BCUT2D eigenvalue weighted by Crippen LogP contribution is 2.24. The van der Waals surface area contributed by atoms with Crippen LogP contribution < -0.4 is 5.73 Å². The molecule has 0 radical (unpaired) electrons. The zero-order valence-corrected chi connectivity index (χ0v) is 9.84. The largest absolute Gasteiger partial charge is 0.379 e. The van der Waals surface area contributed by atoms with Gasteiger partial charge in [-0.2, -0.15) is 0 Å². The van der Waals surface area contributed by atoms with Crippen molar-refractivity contribution in [3.63, 3.8) is 0 Å². The summed E-state index contributed by atoms with van der Waals surface area (Å²) < 4.78 is 0.991. The van der Waals surface area contributed by atoms with Crippen molar-refractivity contribution in [2.75, 3.05) is 0 Å². The lowest BCUT2D eigenvalue weighted by Gasteiger charge is -2.03. The number of benzene rings is 1. The first-order chi connectivity index (χ1) is 6.09. The molecule has 1 aromatic rings. The maximum atomic E-state index is 7.06. The Hall–Kier alpha value is -0.190. The maximum absolute atomic E-state index is 7.06. The number of halogens is 2. The Morgan fingerprint density at radius 1 is 1.62 bits per heavy atom. The molecule has 0 saturated carbocycles. The average Bonchev–Trinajstić information content (AvgIpc) is 2.06. The second-order valence-corrected chi connectivity index (χ2v) is 4.70. The Labute approximate surface area is 94.5 Å². The Morgan fingerprint density at radius 3 is 2.92 bits per heavy atom. The minimum atomic E-state index is 0.117. The third-order valence-electron chi connectivity index (χ3n) is 1.39. The van der Waals surface area contributed by atoms with E-state index in [4.69, 9.17) is 22.7 Å². The quantitative estimate of drug-likeness (QED) is 0.645. The molecule has 0 amide bonds. The molecule has 0 aliphatic carbocycles. The molecule has 3 N–H and O–H groups in total. The van der Waals surface area contributed by atoms with E-state index in [1.165, 1.54) is 11.8 Å². The minimum Gasteiger partial charge on any atom is -0.379 e. The standard InChI is InChI=1S/C8H8BrClN2S/c9-7-2-1-6(10)3-5(7)4-13-8(11)12/h1-3H,4H2,(H3,11,12). The van der Waals surface area contributed by atoms with Crippen LogP contribution in [0.25, 0.3) is 0 Å². The Kier molecular flexibility index (Phi) is 4.09. The predicted molar refractivity (Wildman–Crippen MR) is 62.4 cm³/mol. The van der Waals surface area contributed by atoms with Crippen LogP contribution in [0.3, 0.4) is 0 Å². The molecule has 0 bridgehead atoms. The Morgan fingerprint density at radius 2 is 2.31 bits per heavy atom. The van der Waals surface area contributed by atoms with Crippen molar-refractivity contribution < 1.29 is 0 Å². The summed E-state index contributed by atoms with van der Waals surface area (Å²) in [7, 11) is 0. The van der Waals surface area contributed by atoms with Crippen LogP contribution in [0, 0.1) is 5.41 Å². The van der Waals surface area contributed by atoms with E-state index in [2.05, 4.69) is 15.9 Å². The highest BCUT2D eigenvalue weighted by Gasteiger charge is 2.01. The summed E-state index contributed by atoms with van der Waals surface area (Å²) in [6, 6.07) is 5.56. The maximum Gasteiger partial charge on any atom is 0.151 e. The molecule has 5 heteroatoms. The number of nitrogens with two attached hydrogens (primary N) is 1. The van der Waals surface area contributed by atoms with Gasteiger partial charge in [-0.1, -0.05) is 39.3 Å². The molecule has 70 valence electrons. The number of hydrogen-bond donors (Lipinski definition) is 2. The lowest BCUT2D eigenvalue weighted by atomic mass is 10.2. The van der Waals surface area contributed by atoms with Crippen LogP contribution in [-0.4, -0.2) is 5.17 Å². The van der Waals surface area contributed by atoms with Crippen LogP contribution in [0.2, 0.25) is 5.02 Å². The zero-order valence-electron chi connectivity index (χ0n) is 6.68. The molecular weight excluding hydrogens is 272 g/mol. The normalized spacial score (nSPS) is 10.0. The van der Waals surface area contributed by atoms with Crippen molar-refractivity contribution in [1.82, 2.24) is 0 Å². The smallest absolute Gasteiger partial charge is 0.151 e. The summed E-state index contributed by atoms with van der Waals surface area (Å²) in [4.78, 5) is 0. The van der Waals surface area contributed by atoms with Gasteiger partial charge in [-0.15, -0.1) is 0 Å². The van der Waals surface area contributed by atoms with E-state index < -0.39 is 0 Å². The van der Waals surface area contributed by atoms with E-state index in [1.54, 1.807) is 0 Å². The molecule has 0 aromatic heterocycles. The molecule has 0 aliphatic rings. The highest BCUT2D eigenvalue weighted by molar-refractivity contribution is 9.10. The van der Waals surface area contributed by atoms with Crippen LogP contribution in [0.15, 0.2) is 22.7 Å². The fraction of sp³-hybridized carbons (Fsp3) is 0.125. The fourth-order valence-corrected chi connectivity index (χ4v) is 2.13. The lowest BCUT2D eigenvalue weighted by Crippen LogP contribution is -2.03. The Balaban J connectivity index is 2.75. The van der Waals surface area contributed by atoms with E-state index in [9.17, 15) is 0 Å². The van der Waals surface area contributed by atoms with Crippen molar-refractivity contribution in [2.24, 2.45) is 5.73 Å². The Bertz CT molecular complexity index is 330. The van der Waals surface area contributed by atoms with Gasteiger partial charge in [0.05, 0.1) is 0 Å². The van der Waals surface area contributed by atoms with Crippen molar-refractivity contribution >= 4 is 44.5 Å². The van der Waals surface area contributed by atoms with E-state index in [0.717, 1.165) is 10.0 Å². The molecule has 1 rings (SSSR count). The van der Waals surface area contributed by atoms with Gasteiger partial charge >= 0.3 is 0 Å². The first-order valence-electron chi connectivity index (χ1n) is 3.50. The van der Waals surface area contributed by atoms with Gasteiger partial charge in [-0.25, -0.2) is 0 Å². The molecular formula is C8H8BrClN2S.